The first-order chi connectivity index (χ1) is 14.8. The molecule has 31 heavy (non-hydrogen) atoms. The number of nitrogens with one attached hydrogen (secondary N) is 1. The van der Waals surface area contributed by atoms with Crippen molar-refractivity contribution in [2.45, 2.75) is 39.2 Å². The van der Waals surface area contributed by atoms with Gasteiger partial charge in [-0.25, -0.2) is 4.98 Å². The van der Waals surface area contributed by atoms with E-state index in [2.05, 4.69) is 10.3 Å². The zero-order chi connectivity index (χ0) is 22.4. The van der Waals surface area contributed by atoms with Gasteiger partial charge in [0.1, 0.15) is 6.26 Å². The quantitative estimate of drug-likeness (QED) is 0.532. The monoisotopic (exact) mass is 431 g/mol. The number of alkyl halides is 3. The van der Waals surface area contributed by atoms with Crippen molar-refractivity contribution in [3.05, 3.63) is 89.1 Å². The molecule has 2 aromatic carbocycles. The molecule has 1 atom stereocenters. The Balaban J connectivity index is 1.90. The van der Waals surface area contributed by atoms with Crippen LogP contribution in [0.3, 0.4) is 0 Å². The maximum atomic E-state index is 13.5. The molecule has 8 heteroatoms. The highest BCUT2D eigenvalue weighted by molar-refractivity contribution is 5.91. The minimum absolute atomic E-state index is 0.0324. The summed E-state index contributed by atoms with van der Waals surface area (Å²) in [6.45, 7) is 4.33. The van der Waals surface area contributed by atoms with Crippen molar-refractivity contribution in [2.75, 3.05) is 6.54 Å². The van der Waals surface area contributed by atoms with Crippen LogP contribution >= 0.6 is 0 Å². The third kappa shape index (κ3) is 5.73. The zero-order valence-electron chi connectivity index (χ0n) is 17.3. The van der Waals surface area contributed by atoms with Crippen LogP contribution in [-0.2, 0) is 19.3 Å². The summed E-state index contributed by atoms with van der Waals surface area (Å²) in [7, 11) is 0. The van der Waals surface area contributed by atoms with Gasteiger partial charge in [0.15, 0.2) is 5.69 Å². The van der Waals surface area contributed by atoms with Gasteiger partial charge in [0, 0.05) is 19.1 Å². The molecule has 164 valence electrons. The molecule has 5 nitrogen and oxygen atoms in total. The Hall–Kier alpha value is -3.13. The molecule has 0 aliphatic rings. The number of nitrogens with zero attached hydrogens (tertiary/aromatic N) is 2. The zero-order valence-corrected chi connectivity index (χ0v) is 17.3. The van der Waals surface area contributed by atoms with E-state index in [1.807, 2.05) is 42.2 Å². The van der Waals surface area contributed by atoms with Gasteiger partial charge in [-0.05, 0) is 31.0 Å². The number of hydrogen-bond donors (Lipinski definition) is 1. The summed E-state index contributed by atoms with van der Waals surface area (Å²) < 4.78 is 46.0. The van der Waals surface area contributed by atoms with Crippen LogP contribution in [0.4, 0.5) is 13.2 Å². The molecular formula is C23H24F3N3O2. The van der Waals surface area contributed by atoms with E-state index in [1.165, 1.54) is 18.4 Å². The van der Waals surface area contributed by atoms with Crippen LogP contribution < -0.4 is 5.32 Å². The van der Waals surface area contributed by atoms with E-state index in [9.17, 15) is 18.0 Å². The smallest absolute Gasteiger partial charge is 0.416 e. The van der Waals surface area contributed by atoms with Crippen molar-refractivity contribution in [1.29, 1.82) is 0 Å². The van der Waals surface area contributed by atoms with Gasteiger partial charge < -0.3 is 9.73 Å². The fourth-order valence-corrected chi connectivity index (χ4v) is 3.34. The minimum atomic E-state index is -4.45. The average Bonchev–Trinajstić information content (AvgIpc) is 3.22. The summed E-state index contributed by atoms with van der Waals surface area (Å²) in [5, 5.41) is 2.64. The molecule has 1 heterocycles. The summed E-state index contributed by atoms with van der Waals surface area (Å²) in [6.07, 6.45) is -3.19. The standard InChI is InChI=1S/C23H24F3N3O2/c1-3-27-22(30)20-15-31-21(28-20)14-29(16(2)17-9-5-4-6-10-17)13-18-11-7-8-12-19(18)23(24,25)26/h4-12,15-16H,3,13-14H2,1-2H3,(H,27,30). The maximum absolute atomic E-state index is 13.5. The number of benzene rings is 2. The van der Waals surface area contributed by atoms with Crippen LogP contribution in [0.5, 0.6) is 0 Å². The summed E-state index contributed by atoms with van der Waals surface area (Å²) in [6, 6.07) is 14.8. The third-order valence-corrected chi connectivity index (χ3v) is 4.99. The van der Waals surface area contributed by atoms with Crippen LogP contribution in [0, 0.1) is 0 Å². The normalized spacial score (nSPS) is 12.7. The second-order valence-corrected chi connectivity index (χ2v) is 7.13. The Morgan fingerprint density at radius 1 is 1.10 bits per heavy atom. The van der Waals surface area contributed by atoms with E-state index in [0.717, 1.165) is 11.6 Å². The number of amides is 1. The van der Waals surface area contributed by atoms with Gasteiger partial charge in [0.05, 0.1) is 12.1 Å². The molecule has 1 unspecified atom stereocenters. The van der Waals surface area contributed by atoms with Crippen LogP contribution in [0.2, 0.25) is 0 Å². The lowest BCUT2D eigenvalue weighted by Crippen LogP contribution is -2.28. The van der Waals surface area contributed by atoms with Crippen LogP contribution in [-0.4, -0.2) is 22.3 Å². The lowest BCUT2D eigenvalue weighted by Gasteiger charge is -2.29. The first kappa shape index (κ1) is 22.6. The largest absolute Gasteiger partial charge is 0.447 e. The Kier molecular flexibility index (Phi) is 7.12. The van der Waals surface area contributed by atoms with Gasteiger partial charge in [-0.3, -0.25) is 9.69 Å². The van der Waals surface area contributed by atoms with Crippen LogP contribution in [0.25, 0.3) is 0 Å². The molecule has 3 aromatic rings. The van der Waals surface area contributed by atoms with Gasteiger partial charge in [-0.2, -0.15) is 13.2 Å². The number of hydrogen-bond acceptors (Lipinski definition) is 4. The molecular weight excluding hydrogens is 407 g/mol. The van der Waals surface area contributed by atoms with E-state index in [1.54, 1.807) is 13.0 Å². The van der Waals surface area contributed by atoms with Gasteiger partial charge in [0.2, 0.25) is 5.89 Å². The molecule has 1 amide bonds. The first-order valence-electron chi connectivity index (χ1n) is 9.96. The Bertz CT molecular complexity index is 1000. The van der Waals surface area contributed by atoms with Crippen molar-refractivity contribution in [1.82, 2.24) is 15.2 Å². The average molecular weight is 431 g/mol. The van der Waals surface area contributed by atoms with Gasteiger partial charge in [-0.1, -0.05) is 48.5 Å². The van der Waals surface area contributed by atoms with E-state index in [4.69, 9.17) is 4.42 Å². The Morgan fingerprint density at radius 2 is 1.77 bits per heavy atom. The van der Waals surface area contributed by atoms with Crippen molar-refractivity contribution in [3.63, 3.8) is 0 Å². The van der Waals surface area contributed by atoms with Crippen LogP contribution in [0.1, 0.15) is 53.0 Å². The predicted octanol–water partition coefficient (Wildman–Crippen LogP) is 5.21. The van der Waals surface area contributed by atoms with Crippen molar-refractivity contribution < 1.29 is 22.4 Å². The van der Waals surface area contributed by atoms with Gasteiger partial charge in [-0.15, -0.1) is 0 Å². The van der Waals surface area contributed by atoms with E-state index in [0.29, 0.717) is 6.54 Å². The number of carbonyl (C=O) groups is 1. The SMILES string of the molecule is CCNC(=O)c1coc(CN(Cc2ccccc2C(F)(F)F)C(C)c2ccccc2)n1. The molecule has 1 aromatic heterocycles. The highest BCUT2D eigenvalue weighted by Crippen LogP contribution is 2.34. The molecule has 0 radical (unpaired) electrons. The number of oxazole rings is 1. The third-order valence-electron chi connectivity index (χ3n) is 4.99. The fourth-order valence-electron chi connectivity index (χ4n) is 3.34. The fraction of sp³-hybridized carbons (Fsp3) is 0.304. The summed E-state index contributed by atoms with van der Waals surface area (Å²) >= 11 is 0. The molecule has 0 saturated carbocycles. The first-order valence-corrected chi connectivity index (χ1v) is 9.96. The van der Waals surface area contributed by atoms with E-state index in [-0.39, 0.29) is 42.2 Å². The number of halogens is 3. The van der Waals surface area contributed by atoms with E-state index >= 15 is 0 Å². The number of rotatable bonds is 8. The molecule has 0 aliphatic carbocycles. The van der Waals surface area contributed by atoms with Gasteiger partial charge >= 0.3 is 6.18 Å². The second-order valence-electron chi connectivity index (χ2n) is 7.13. The summed E-state index contributed by atoms with van der Waals surface area (Å²) in [5.74, 6) is -0.101. The molecule has 0 bridgehead atoms. The molecule has 0 spiro atoms. The van der Waals surface area contributed by atoms with Crippen molar-refractivity contribution in [3.8, 4) is 0 Å². The molecule has 0 saturated heterocycles. The molecule has 3 rings (SSSR count). The molecule has 1 N–H and O–H groups in total. The summed E-state index contributed by atoms with van der Waals surface area (Å²) in [4.78, 5) is 18.0. The lowest BCUT2D eigenvalue weighted by molar-refractivity contribution is -0.138. The number of carbonyl (C=O) groups excluding carboxylic acids is 1. The second kappa shape index (κ2) is 9.78. The highest BCUT2D eigenvalue weighted by atomic mass is 19.4. The molecule has 0 aliphatic heterocycles. The number of aromatic nitrogens is 1. The Labute approximate surface area is 178 Å². The van der Waals surface area contributed by atoms with Crippen LogP contribution in [0.15, 0.2) is 65.3 Å². The predicted molar refractivity (Wildman–Crippen MR) is 110 cm³/mol. The van der Waals surface area contributed by atoms with Crippen molar-refractivity contribution in [2.24, 2.45) is 0 Å². The topological polar surface area (TPSA) is 58.4 Å². The lowest BCUT2D eigenvalue weighted by atomic mass is 10.0. The Morgan fingerprint density at radius 3 is 2.45 bits per heavy atom. The van der Waals surface area contributed by atoms with Crippen molar-refractivity contribution >= 4 is 5.91 Å². The maximum Gasteiger partial charge on any atom is 0.416 e. The van der Waals surface area contributed by atoms with E-state index < -0.39 is 11.7 Å². The molecule has 0 fully saturated rings. The van der Waals surface area contributed by atoms with Gasteiger partial charge in [0.25, 0.3) is 5.91 Å². The minimum Gasteiger partial charge on any atom is -0.447 e. The highest BCUT2D eigenvalue weighted by Gasteiger charge is 2.34. The summed E-state index contributed by atoms with van der Waals surface area (Å²) in [5.41, 5.74) is 0.575.